The van der Waals surface area contributed by atoms with E-state index in [-0.39, 0.29) is 0 Å². The summed E-state index contributed by atoms with van der Waals surface area (Å²) in [7, 11) is 1.57. The lowest BCUT2D eigenvalue weighted by molar-refractivity contribution is 0.100. The normalized spacial score (nSPS) is 10.8. The van der Waals surface area contributed by atoms with Crippen LogP contribution in [0.15, 0.2) is 41.0 Å². The third kappa shape index (κ3) is 2.55. The summed E-state index contributed by atoms with van der Waals surface area (Å²) in [6.45, 7) is 0.460. The smallest absolute Gasteiger partial charge is 0.249 e. The van der Waals surface area contributed by atoms with Crippen molar-refractivity contribution < 1.29 is 9.53 Å². The van der Waals surface area contributed by atoms with E-state index in [0.717, 1.165) is 11.2 Å². The standard InChI is InChI=1S/C15H13BrN4O2/c1-22-12-7-2-4-9(18-12)8-20-11-6-3-5-10(15(17)21)13(11)14(16)19-20/h2-7H,8H2,1H3,(H2,17,21). The molecule has 2 N–H and O–H groups in total. The highest BCUT2D eigenvalue weighted by Crippen LogP contribution is 2.27. The number of fused-ring (bicyclic) bond motifs is 1. The molecule has 0 fully saturated rings. The second-order valence-corrected chi connectivity index (χ2v) is 5.43. The van der Waals surface area contributed by atoms with Gasteiger partial charge in [0.25, 0.3) is 0 Å². The average Bonchev–Trinajstić information content (AvgIpc) is 2.84. The molecule has 2 heterocycles. The maximum atomic E-state index is 11.6. The molecule has 1 aromatic carbocycles. The molecule has 3 rings (SSSR count). The van der Waals surface area contributed by atoms with Gasteiger partial charge in [-0.25, -0.2) is 4.98 Å². The average molecular weight is 361 g/mol. The van der Waals surface area contributed by atoms with Gasteiger partial charge < -0.3 is 10.5 Å². The second-order valence-electron chi connectivity index (χ2n) is 4.68. The van der Waals surface area contributed by atoms with E-state index in [1.165, 1.54) is 0 Å². The summed E-state index contributed by atoms with van der Waals surface area (Å²) in [6.07, 6.45) is 0. The Hall–Kier alpha value is -2.41. The van der Waals surface area contributed by atoms with E-state index < -0.39 is 5.91 Å². The van der Waals surface area contributed by atoms with Crippen molar-refractivity contribution in [2.24, 2.45) is 5.73 Å². The van der Waals surface area contributed by atoms with Gasteiger partial charge in [-0.15, -0.1) is 0 Å². The van der Waals surface area contributed by atoms with Gasteiger partial charge in [0.2, 0.25) is 11.8 Å². The van der Waals surface area contributed by atoms with Crippen LogP contribution in [0, 0.1) is 0 Å². The van der Waals surface area contributed by atoms with Crippen molar-refractivity contribution in [1.82, 2.24) is 14.8 Å². The Balaban J connectivity index is 2.08. The Morgan fingerprint density at radius 1 is 1.32 bits per heavy atom. The molecule has 1 amide bonds. The lowest BCUT2D eigenvalue weighted by atomic mass is 10.1. The van der Waals surface area contributed by atoms with Gasteiger partial charge in [-0.3, -0.25) is 9.48 Å². The lowest BCUT2D eigenvalue weighted by Crippen LogP contribution is -2.11. The fourth-order valence-corrected chi connectivity index (χ4v) is 2.93. The van der Waals surface area contributed by atoms with E-state index in [1.54, 1.807) is 30.0 Å². The molecule has 0 aliphatic heterocycles. The molecule has 0 bridgehead atoms. The predicted molar refractivity (Wildman–Crippen MR) is 85.8 cm³/mol. The minimum absolute atomic E-state index is 0.439. The monoisotopic (exact) mass is 360 g/mol. The number of benzene rings is 1. The Morgan fingerprint density at radius 2 is 2.09 bits per heavy atom. The quantitative estimate of drug-likeness (QED) is 0.773. The van der Waals surface area contributed by atoms with Gasteiger partial charge in [-0.1, -0.05) is 12.1 Å². The molecule has 7 heteroatoms. The highest BCUT2D eigenvalue weighted by Gasteiger charge is 2.15. The number of amides is 1. The molecule has 6 nitrogen and oxygen atoms in total. The fraction of sp³-hybridized carbons (Fsp3) is 0.133. The zero-order valence-electron chi connectivity index (χ0n) is 11.8. The zero-order valence-corrected chi connectivity index (χ0v) is 13.4. The molecule has 0 aliphatic carbocycles. The topological polar surface area (TPSA) is 83.0 Å². The minimum atomic E-state index is -0.481. The van der Waals surface area contributed by atoms with Crippen molar-refractivity contribution in [2.75, 3.05) is 7.11 Å². The van der Waals surface area contributed by atoms with Gasteiger partial charge in [-0.2, -0.15) is 5.10 Å². The number of carbonyl (C=O) groups is 1. The van der Waals surface area contributed by atoms with Crippen molar-refractivity contribution in [3.05, 3.63) is 52.3 Å². The second kappa shape index (κ2) is 5.76. The molecule has 0 saturated carbocycles. The van der Waals surface area contributed by atoms with Crippen molar-refractivity contribution in [2.45, 2.75) is 6.54 Å². The van der Waals surface area contributed by atoms with Crippen LogP contribution in [0.25, 0.3) is 10.9 Å². The van der Waals surface area contributed by atoms with Gasteiger partial charge in [0.05, 0.1) is 30.4 Å². The molecule has 22 heavy (non-hydrogen) atoms. The van der Waals surface area contributed by atoms with E-state index in [9.17, 15) is 4.79 Å². The summed E-state index contributed by atoms with van der Waals surface area (Å²) >= 11 is 3.39. The molecule has 0 saturated heterocycles. The van der Waals surface area contributed by atoms with Crippen LogP contribution in [0.4, 0.5) is 0 Å². The van der Waals surface area contributed by atoms with Crippen LogP contribution < -0.4 is 10.5 Å². The van der Waals surface area contributed by atoms with E-state index in [1.807, 2.05) is 18.2 Å². The minimum Gasteiger partial charge on any atom is -0.481 e. The number of nitrogens with zero attached hydrogens (tertiary/aromatic N) is 3. The molecular formula is C15H13BrN4O2. The van der Waals surface area contributed by atoms with Crippen LogP contribution in [0.5, 0.6) is 5.88 Å². The van der Waals surface area contributed by atoms with E-state index >= 15 is 0 Å². The van der Waals surface area contributed by atoms with Gasteiger partial charge in [0, 0.05) is 11.5 Å². The molecule has 0 unspecified atom stereocenters. The first-order valence-electron chi connectivity index (χ1n) is 6.55. The first kappa shape index (κ1) is 14.5. The zero-order chi connectivity index (χ0) is 15.7. The maximum absolute atomic E-state index is 11.6. The Labute approximate surface area is 135 Å². The van der Waals surface area contributed by atoms with Gasteiger partial charge in [0.15, 0.2) is 0 Å². The molecule has 0 atom stereocenters. The SMILES string of the molecule is COc1cccc(Cn2nc(Br)c3c(C(N)=O)cccc32)n1. The van der Waals surface area contributed by atoms with E-state index in [2.05, 4.69) is 26.0 Å². The van der Waals surface area contributed by atoms with E-state index in [4.69, 9.17) is 10.5 Å². The van der Waals surface area contributed by atoms with Gasteiger partial charge in [-0.05, 0) is 34.1 Å². The summed E-state index contributed by atoms with van der Waals surface area (Å²) in [5.41, 5.74) is 7.48. The Morgan fingerprint density at radius 3 is 2.82 bits per heavy atom. The number of hydrogen-bond donors (Lipinski definition) is 1. The van der Waals surface area contributed by atoms with Crippen molar-refractivity contribution in [3.8, 4) is 5.88 Å². The molecular weight excluding hydrogens is 348 g/mol. The first-order chi connectivity index (χ1) is 10.6. The summed E-state index contributed by atoms with van der Waals surface area (Å²) in [6, 6.07) is 10.9. The Bertz CT molecular complexity index is 860. The van der Waals surface area contributed by atoms with Crippen molar-refractivity contribution >= 4 is 32.7 Å². The predicted octanol–water partition coefficient (Wildman–Crippen LogP) is 2.35. The van der Waals surface area contributed by atoms with Crippen LogP contribution >= 0.6 is 15.9 Å². The molecule has 2 aromatic heterocycles. The third-order valence-corrected chi connectivity index (χ3v) is 3.86. The van der Waals surface area contributed by atoms with Crippen LogP contribution in [0.3, 0.4) is 0 Å². The molecule has 0 spiro atoms. The van der Waals surface area contributed by atoms with Crippen molar-refractivity contribution in [1.29, 1.82) is 0 Å². The third-order valence-electron chi connectivity index (χ3n) is 3.30. The van der Waals surface area contributed by atoms with Crippen LogP contribution in [-0.2, 0) is 6.54 Å². The highest BCUT2D eigenvalue weighted by atomic mass is 79.9. The Kier molecular flexibility index (Phi) is 3.81. The maximum Gasteiger partial charge on any atom is 0.249 e. The molecule has 0 aliphatic rings. The number of primary amides is 1. The summed E-state index contributed by atoms with van der Waals surface area (Å²) < 4.78 is 7.48. The number of carbonyl (C=O) groups excluding carboxylic acids is 1. The number of rotatable bonds is 4. The number of hydrogen-bond acceptors (Lipinski definition) is 4. The first-order valence-corrected chi connectivity index (χ1v) is 7.34. The summed E-state index contributed by atoms with van der Waals surface area (Å²) in [4.78, 5) is 15.9. The van der Waals surface area contributed by atoms with Gasteiger partial charge in [0.1, 0.15) is 4.60 Å². The largest absolute Gasteiger partial charge is 0.481 e. The van der Waals surface area contributed by atoms with Crippen molar-refractivity contribution in [3.63, 3.8) is 0 Å². The summed E-state index contributed by atoms with van der Waals surface area (Å²) in [5, 5.41) is 5.13. The fourth-order valence-electron chi connectivity index (χ4n) is 2.32. The lowest BCUT2D eigenvalue weighted by Gasteiger charge is -2.05. The van der Waals surface area contributed by atoms with Gasteiger partial charge >= 0.3 is 0 Å². The molecule has 0 radical (unpaired) electrons. The number of pyridine rings is 1. The number of methoxy groups -OCH3 is 1. The van der Waals surface area contributed by atoms with Crippen LogP contribution in [-0.4, -0.2) is 27.8 Å². The highest BCUT2D eigenvalue weighted by molar-refractivity contribution is 9.10. The number of ether oxygens (including phenoxy) is 1. The number of nitrogens with two attached hydrogens (primary N) is 1. The number of halogens is 1. The van der Waals surface area contributed by atoms with Crippen LogP contribution in [0.1, 0.15) is 16.1 Å². The molecule has 3 aromatic rings. The molecule has 112 valence electrons. The number of aromatic nitrogens is 3. The van der Waals surface area contributed by atoms with Crippen LogP contribution in [0.2, 0.25) is 0 Å². The summed E-state index contributed by atoms with van der Waals surface area (Å²) in [5.74, 6) is 0.0659. The van der Waals surface area contributed by atoms with E-state index in [0.29, 0.717) is 28.0 Å².